The second-order valence-electron chi connectivity index (χ2n) is 4.67. The first-order chi connectivity index (χ1) is 9.23. The summed E-state index contributed by atoms with van der Waals surface area (Å²) in [6.07, 6.45) is 3.53. The zero-order chi connectivity index (χ0) is 13.7. The number of benzene rings is 1. The lowest BCUT2D eigenvalue weighted by Crippen LogP contribution is -2.54. The predicted molar refractivity (Wildman–Crippen MR) is 72.6 cm³/mol. The van der Waals surface area contributed by atoms with Crippen LogP contribution in [0.1, 0.15) is 5.56 Å². The van der Waals surface area contributed by atoms with E-state index in [1.54, 1.807) is 12.4 Å². The lowest BCUT2D eigenvalue weighted by atomic mass is 10.0. The highest BCUT2D eigenvalue weighted by atomic mass is 16.3. The van der Waals surface area contributed by atoms with Crippen LogP contribution in [-0.2, 0) is 6.54 Å². The molecule has 0 atom stereocenters. The Morgan fingerprint density at radius 1 is 1.00 bits per heavy atom. The fourth-order valence-corrected chi connectivity index (χ4v) is 1.85. The zero-order valence-electron chi connectivity index (χ0n) is 10.6. The molecule has 1 heterocycles. The van der Waals surface area contributed by atoms with Gasteiger partial charge in [-0.3, -0.25) is 4.98 Å². The molecule has 2 rings (SSSR count). The van der Waals surface area contributed by atoms with Crippen LogP contribution in [-0.4, -0.2) is 45.7 Å². The van der Waals surface area contributed by atoms with Gasteiger partial charge in [-0.05, 0) is 23.1 Å². The third-order valence-corrected chi connectivity index (χ3v) is 3.28. The standard InChI is InChI=1S/C14H18N2O3/c17-8-14(9-18,10-19)16-6-11-1-2-13-7-15-4-3-12(13)5-11/h1-5,7,16-19H,6,8-10H2. The first kappa shape index (κ1) is 13.9. The number of fused-ring (bicyclic) bond motifs is 1. The third kappa shape index (κ3) is 3.08. The molecule has 0 radical (unpaired) electrons. The van der Waals surface area contributed by atoms with E-state index in [0.717, 1.165) is 16.3 Å². The van der Waals surface area contributed by atoms with Crippen molar-refractivity contribution < 1.29 is 15.3 Å². The molecule has 0 saturated carbocycles. The molecule has 5 nitrogen and oxygen atoms in total. The molecule has 0 spiro atoms. The topological polar surface area (TPSA) is 85.6 Å². The fraction of sp³-hybridized carbons (Fsp3) is 0.357. The van der Waals surface area contributed by atoms with Gasteiger partial charge < -0.3 is 20.6 Å². The van der Waals surface area contributed by atoms with Crippen LogP contribution >= 0.6 is 0 Å². The summed E-state index contributed by atoms with van der Waals surface area (Å²) in [7, 11) is 0. The molecule has 0 fully saturated rings. The van der Waals surface area contributed by atoms with E-state index in [0.29, 0.717) is 6.54 Å². The van der Waals surface area contributed by atoms with Gasteiger partial charge in [-0.2, -0.15) is 0 Å². The SMILES string of the molecule is OCC(CO)(CO)NCc1ccc2cnccc2c1. The summed E-state index contributed by atoms with van der Waals surface area (Å²) in [5.41, 5.74) is -0.0360. The molecule has 1 aromatic heterocycles. The van der Waals surface area contributed by atoms with Crippen molar-refractivity contribution in [1.29, 1.82) is 0 Å². The highest BCUT2D eigenvalue weighted by Gasteiger charge is 2.26. The van der Waals surface area contributed by atoms with E-state index in [2.05, 4.69) is 10.3 Å². The molecule has 4 N–H and O–H groups in total. The Morgan fingerprint density at radius 2 is 1.74 bits per heavy atom. The quantitative estimate of drug-likeness (QED) is 0.590. The smallest absolute Gasteiger partial charge is 0.0884 e. The number of nitrogens with zero attached hydrogens (tertiary/aromatic N) is 1. The number of hydrogen-bond acceptors (Lipinski definition) is 5. The molecule has 0 aliphatic carbocycles. The van der Waals surface area contributed by atoms with Crippen molar-refractivity contribution in [1.82, 2.24) is 10.3 Å². The van der Waals surface area contributed by atoms with E-state index in [1.165, 1.54) is 0 Å². The Labute approximate surface area is 111 Å². The first-order valence-electron chi connectivity index (χ1n) is 6.13. The normalized spacial score (nSPS) is 11.9. The Balaban J connectivity index is 2.13. The minimum Gasteiger partial charge on any atom is -0.394 e. The third-order valence-electron chi connectivity index (χ3n) is 3.28. The number of nitrogens with one attached hydrogen (secondary N) is 1. The molecule has 5 heteroatoms. The Hall–Kier alpha value is -1.53. The van der Waals surface area contributed by atoms with Gasteiger partial charge in [0.25, 0.3) is 0 Å². The molecule has 19 heavy (non-hydrogen) atoms. The molecule has 1 aromatic carbocycles. The van der Waals surface area contributed by atoms with Crippen molar-refractivity contribution in [2.45, 2.75) is 12.1 Å². The monoisotopic (exact) mass is 262 g/mol. The van der Waals surface area contributed by atoms with E-state index in [4.69, 9.17) is 0 Å². The van der Waals surface area contributed by atoms with Crippen LogP contribution in [0.4, 0.5) is 0 Å². The number of rotatable bonds is 6. The van der Waals surface area contributed by atoms with E-state index >= 15 is 0 Å². The fourth-order valence-electron chi connectivity index (χ4n) is 1.85. The number of hydrogen-bond donors (Lipinski definition) is 4. The molecule has 0 amide bonds. The molecule has 0 bridgehead atoms. The largest absolute Gasteiger partial charge is 0.394 e. The van der Waals surface area contributed by atoms with Crippen LogP contribution in [0.25, 0.3) is 10.8 Å². The van der Waals surface area contributed by atoms with Gasteiger partial charge in [0.1, 0.15) is 0 Å². The lowest BCUT2D eigenvalue weighted by Gasteiger charge is -2.28. The maximum absolute atomic E-state index is 9.24. The van der Waals surface area contributed by atoms with Crippen LogP contribution in [0, 0.1) is 0 Å². The van der Waals surface area contributed by atoms with Crippen LogP contribution in [0.5, 0.6) is 0 Å². The number of aliphatic hydroxyl groups excluding tert-OH is 3. The van der Waals surface area contributed by atoms with Crippen molar-refractivity contribution in [3.63, 3.8) is 0 Å². The van der Waals surface area contributed by atoms with Crippen molar-refractivity contribution >= 4 is 10.8 Å². The molecular formula is C14H18N2O3. The van der Waals surface area contributed by atoms with E-state index in [9.17, 15) is 15.3 Å². The van der Waals surface area contributed by atoms with Gasteiger partial charge in [0.2, 0.25) is 0 Å². The summed E-state index contributed by atoms with van der Waals surface area (Å²) in [4.78, 5) is 4.05. The predicted octanol–water partition coefficient (Wildman–Crippen LogP) is 0.0401. The molecule has 0 saturated heterocycles. The average molecular weight is 262 g/mol. The highest BCUT2D eigenvalue weighted by molar-refractivity contribution is 5.81. The minimum absolute atomic E-state index is 0.322. The highest BCUT2D eigenvalue weighted by Crippen LogP contribution is 2.15. The average Bonchev–Trinajstić information content (AvgIpc) is 2.49. The van der Waals surface area contributed by atoms with Gasteiger partial charge in [-0.1, -0.05) is 12.1 Å². The van der Waals surface area contributed by atoms with E-state index < -0.39 is 5.54 Å². The molecule has 2 aromatic rings. The summed E-state index contributed by atoms with van der Waals surface area (Å²) in [5, 5.41) is 32.8. The van der Waals surface area contributed by atoms with E-state index in [-0.39, 0.29) is 19.8 Å². The Kier molecular flexibility index (Phi) is 4.44. The van der Waals surface area contributed by atoms with Crippen LogP contribution in [0.3, 0.4) is 0 Å². The second-order valence-corrected chi connectivity index (χ2v) is 4.67. The van der Waals surface area contributed by atoms with Gasteiger partial charge in [0, 0.05) is 24.3 Å². The molecule has 0 aliphatic heterocycles. The van der Waals surface area contributed by atoms with Gasteiger partial charge in [0.15, 0.2) is 0 Å². The minimum atomic E-state index is -1.05. The van der Waals surface area contributed by atoms with Crippen LogP contribution in [0.2, 0.25) is 0 Å². The summed E-state index contributed by atoms with van der Waals surface area (Å²) in [6.45, 7) is -0.507. The zero-order valence-corrected chi connectivity index (χ0v) is 10.6. The first-order valence-corrected chi connectivity index (χ1v) is 6.13. The maximum Gasteiger partial charge on any atom is 0.0884 e. The second kappa shape index (κ2) is 6.08. The van der Waals surface area contributed by atoms with Gasteiger partial charge in [-0.25, -0.2) is 0 Å². The van der Waals surface area contributed by atoms with E-state index in [1.807, 2.05) is 24.3 Å². The van der Waals surface area contributed by atoms with Crippen molar-refractivity contribution in [3.05, 3.63) is 42.2 Å². The summed E-state index contributed by atoms with van der Waals surface area (Å²) < 4.78 is 0. The van der Waals surface area contributed by atoms with Crippen molar-refractivity contribution in [3.8, 4) is 0 Å². The summed E-state index contributed by atoms with van der Waals surface area (Å²) in [6, 6.07) is 7.86. The summed E-state index contributed by atoms with van der Waals surface area (Å²) in [5.74, 6) is 0. The van der Waals surface area contributed by atoms with Gasteiger partial charge in [-0.15, -0.1) is 0 Å². The molecular weight excluding hydrogens is 244 g/mol. The van der Waals surface area contributed by atoms with Gasteiger partial charge in [0.05, 0.1) is 25.4 Å². The van der Waals surface area contributed by atoms with Crippen LogP contribution in [0.15, 0.2) is 36.7 Å². The van der Waals surface area contributed by atoms with Crippen molar-refractivity contribution in [2.75, 3.05) is 19.8 Å². The number of pyridine rings is 1. The maximum atomic E-state index is 9.24. The molecule has 0 unspecified atom stereocenters. The summed E-state index contributed by atoms with van der Waals surface area (Å²) >= 11 is 0. The lowest BCUT2D eigenvalue weighted by molar-refractivity contribution is 0.0414. The molecule has 102 valence electrons. The van der Waals surface area contributed by atoms with Crippen molar-refractivity contribution in [2.24, 2.45) is 0 Å². The Morgan fingerprint density at radius 3 is 2.42 bits per heavy atom. The molecule has 0 aliphatic rings. The van der Waals surface area contributed by atoms with Crippen LogP contribution < -0.4 is 5.32 Å². The van der Waals surface area contributed by atoms with Gasteiger partial charge >= 0.3 is 0 Å². The number of aliphatic hydroxyl groups is 3. The Bertz CT molecular complexity index is 533. The number of aromatic nitrogens is 1.